The van der Waals surface area contributed by atoms with E-state index in [-0.39, 0.29) is 61.0 Å². The highest BCUT2D eigenvalue weighted by molar-refractivity contribution is 5.98. The van der Waals surface area contributed by atoms with Gasteiger partial charge in [0.25, 0.3) is 22.2 Å². The van der Waals surface area contributed by atoms with Gasteiger partial charge in [-0.25, -0.2) is 14.2 Å². The summed E-state index contributed by atoms with van der Waals surface area (Å²) >= 11 is 0. The van der Waals surface area contributed by atoms with E-state index in [4.69, 9.17) is 23.7 Å². The van der Waals surface area contributed by atoms with Crippen molar-refractivity contribution < 1.29 is 33.3 Å². The molecule has 0 aliphatic rings. The van der Waals surface area contributed by atoms with Gasteiger partial charge in [-0.3, -0.25) is 23.7 Å². The van der Waals surface area contributed by atoms with Gasteiger partial charge in [-0.05, 0) is 125 Å². The molecule has 332 valence electrons. The molecule has 0 radical (unpaired) electrons. The van der Waals surface area contributed by atoms with Gasteiger partial charge >= 0.3 is 11.9 Å². The number of hydrogen-bond acceptors (Lipinski definition) is 11. The number of fused-ring (bicyclic) bond motifs is 2. The number of hydrogen-bond donors (Lipinski definition) is 0. The number of benzene rings is 5. The van der Waals surface area contributed by atoms with E-state index in [1.54, 1.807) is 75.4 Å². The van der Waals surface area contributed by atoms with Crippen molar-refractivity contribution in [1.29, 1.82) is 0 Å². The van der Waals surface area contributed by atoms with Gasteiger partial charge in [-0.1, -0.05) is 46.9 Å². The molecule has 0 aliphatic heterocycles. The second-order valence-electron chi connectivity index (χ2n) is 17.1. The fourth-order valence-corrected chi connectivity index (χ4v) is 7.04. The molecule has 0 amide bonds. The fraction of sp³-hybridized carbons (Fsp3) is 0.231. The molecule has 0 saturated carbocycles. The van der Waals surface area contributed by atoms with Crippen LogP contribution in [0.4, 0.5) is 0 Å². The molecule has 0 unspecified atom stereocenters. The summed E-state index contributed by atoms with van der Waals surface area (Å²) in [6.07, 6.45) is 1.29. The molecule has 13 nitrogen and oxygen atoms in total. The minimum atomic E-state index is -0.785. The Hall–Kier alpha value is -7.80. The summed E-state index contributed by atoms with van der Waals surface area (Å²) in [5.41, 5.74) is -2.04. The Morgan fingerprint density at radius 1 is 0.508 bits per heavy atom. The van der Waals surface area contributed by atoms with Crippen molar-refractivity contribution in [2.24, 2.45) is 0 Å². The van der Waals surface area contributed by atoms with Gasteiger partial charge in [-0.2, -0.15) is 0 Å². The molecule has 0 N–H and O–H groups in total. The summed E-state index contributed by atoms with van der Waals surface area (Å²) in [4.78, 5) is 79.5. The Morgan fingerprint density at radius 3 is 1.40 bits per heavy atom. The molecular weight excluding hydrogens is 829 g/mol. The molecule has 13 heteroatoms. The fourth-order valence-electron chi connectivity index (χ4n) is 7.04. The second-order valence-corrected chi connectivity index (χ2v) is 17.1. The van der Waals surface area contributed by atoms with Crippen molar-refractivity contribution in [2.45, 2.75) is 79.2 Å². The van der Waals surface area contributed by atoms with E-state index < -0.39 is 39.7 Å². The Bertz CT molecular complexity index is 3190. The molecular formula is C52H48N2O11. The number of esters is 2. The molecule has 0 saturated heterocycles. The van der Waals surface area contributed by atoms with Crippen LogP contribution in [-0.4, -0.2) is 21.1 Å². The number of carbonyl (C=O) groups is 2. The summed E-state index contributed by atoms with van der Waals surface area (Å²) in [5.74, 6) is 1.33. The van der Waals surface area contributed by atoms with Crippen molar-refractivity contribution in [3.05, 3.63) is 168 Å². The lowest BCUT2D eigenvalue weighted by Crippen LogP contribution is -2.40. The largest absolute Gasteiger partial charge is 0.457 e. The number of aromatic nitrogens is 2. The normalized spacial score (nSPS) is 11.7. The Balaban J connectivity index is 1.30. The Labute approximate surface area is 374 Å². The number of ether oxygens (including phenoxy) is 5. The van der Waals surface area contributed by atoms with Crippen LogP contribution in [0.25, 0.3) is 27.2 Å². The first kappa shape index (κ1) is 45.2. The summed E-state index contributed by atoms with van der Waals surface area (Å²) in [6, 6.07) is 25.4. The van der Waals surface area contributed by atoms with Crippen molar-refractivity contribution in [3.63, 3.8) is 0 Å². The first-order chi connectivity index (χ1) is 30.7. The van der Waals surface area contributed by atoms with E-state index in [1.807, 2.05) is 13.0 Å². The van der Waals surface area contributed by atoms with E-state index in [9.17, 15) is 28.8 Å². The molecule has 7 aromatic rings. The highest BCUT2D eigenvalue weighted by atomic mass is 16.5. The lowest BCUT2D eigenvalue weighted by atomic mass is 9.81. The average Bonchev–Trinajstić information content (AvgIpc) is 3.67. The monoisotopic (exact) mass is 876 g/mol. The molecule has 2 aromatic heterocycles. The van der Waals surface area contributed by atoms with E-state index in [2.05, 4.69) is 33.9 Å². The summed E-state index contributed by atoms with van der Waals surface area (Å²) < 4.78 is 32.1. The lowest BCUT2D eigenvalue weighted by Gasteiger charge is -2.26. The Morgan fingerprint density at radius 2 is 0.938 bits per heavy atom. The molecule has 0 atom stereocenters. The van der Waals surface area contributed by atoms with Crippen molar-refractivity contribution >= 4 is 33.5 Å². The van der Waals surface area contributed by atoms with Crippen LogP contribution < -0.4 is 45.9 Å². The number of nitrogens with zero attached hydrogens (tertiary/aromatic N) is 2. The van der Waals surface area contributed by atoms with E-state index in [1.165, 1.54) is 47.9 Å². The molecule has 0 spiro atoms. The zero-order valence-corrected chi connectivity index (χ0v) is 37.5. The van der Waals surface area contributed by atoms with Gasteiger partial charge in [0.15, 0.2) is 11.5 Å². The second kappa shape index (κ2) is 17.4. The summed E-state index contributed by atoms with van der Waals surface area (Å²) in [5, 5.41) is 0.0835. The summed E-state index contributed by atoms with van der Waals surface area (Å²) in [7, 11) is 0. The van der Waals surface area contributed by atoms with Crippen LogP contribution >= 0.6 is 0 Å². The van der Waals surface area contributed by atoms with Gasteiger partial charge in [-0.15, -0.1) is 0 Å². The van der Waals surface area contributed by atoms with Gasteiger partial charge in [0.2, 0.25) is 0 Å². The molecule has 65 heavy (non-hydrogen) atoms. The quantitative estimate of drug-likeness (QED) is 0.0548. The first-order valence-electron chi connectivity index (χ1n) is 21.0. The van der Waals surface area contributed by atoms with E-state index in [0.29, 0.717) is 35.2 Å². The van der Waals surface area contributed by atoms with Crippen LogP contribution in [0.1, 0.15) is 73.8 Å². The van der Waals surface area contributed by atoms with Crippen molar-refractivity contribution in [1.82, 2.24) is 9.13 Å². The predicted molar refractivity (Wildman–Crippen MR) is 250 cm³/mol. The molecule has 2 heterocycles. The SMILES string of the molecule is C=C(C)C(=O)Oc1ccc(Oc2cc(-n3c(=O)c4cc5c(=O)n(C(C)(C)CC)c(=O)c5cc4c3=O)ccc2Oc2ccc(C(C)(C)CC)c(Oc3ccc(OC(=O)C(=C)C)cc3)c2)cc1. The van der Waals surface area contributed by atoms with Crippen LogP contribution in [0, 0.1) is 0 Å². The maximum atomic E-state index is 14.1. The minimum Gasteiger partial charge on any atom is -0.457 e. The van der Waals surface area contributed by atoms with E-state index in [0.717, 1.165) is 16.6 Å². The topological polar surface area (TPSA) is 158 Å². The van der Waals surface area contributed by atoms with E-state index >= 15 is 0 Å². The third-order valence-corrected chi connectivity index (χ3v) is 11.6. The Kier molecular flexibility index (Phi) is 12.1. The standard InChI is InChI=1S/C52H48N2O11/c1-11-51(7,8)41-23-22-36(26-43(41)61-32-14-18-34(19-15-32)64-49(59)29(3)4)63-42-24-13-31(25-44(42)62-33-16-20-35(21-17-33)65-50(60)30(5)6)53-45(55)37-27-39-40(28-38(37)46(53)56)48(58)54(47(39)57)52(9,10)12-2/h13-28H,3,5,11-12H2,1-2,4,6-10H3. The van der Waals surface area contributed by atoms with Crippen LogP contribution in [0.5, 0.6) is 46.0 Å². The maximum absolute atomic E-state index is 14.1. The smallest absolute Gasteiger partial charge is 0.338 e. The zero-order valence-electron chi connectivity index (χ0n) is 37.5. The minimum absolute atomic E-state index is 0.0149. The average molecular weight is 877 g/mol. The molecule has 7 rings (SSSR count). The van der Waals surface area contributed by atoms with Crippen LogP contribution in [-0.2, 0) is 20.5 Å². The van der Waals surface area contributed by atoms with Crippen molar-refractivity contribution in [2.75, 3.05) is 0 Å². The maximum Gasteiger partial charge on any atom is 0.338 e. The highest BCUT2D eigenvalue weighted by Gasteiger charge is 2.28. The zero-order chi connectivity index (χ0) is 47.1. The molecule has 0 bridgehead atoms. The van der Waals surface area contributed by atoms with Gasteiger partial charge in [0, 0.05) is 34.4 Å². The first-order valence-corrected chi connectivity index (χ1v) is 21.0. The molecule has 5 aromatic carbocycles. The van der Waals surface area contributed by atoms with Crippen LogP contribution in [0.2, 0.25) is 0 Å². The number of carbonyl (C=O) groups excluding carboxylic acids is 2. The lowest BCUT2D eigenvalue weighted by molar-refractivity contribution is -0.130. The number of rotatable bonds is 15. The van der Waals surface area contributed by atoms with Gasteiger partial charge in [0.05, 0.1) is 27.2 Å². The van der Waals surface area contributed by atoms with Gasteiger partial charge < -0.3 is 23.7 Å². The van der Waals surface area contributed by atoms with Gasteiger partial charge in [0.1, 0.15) is 34.5 Å². The third kappa shape index (κ3) is 8.90. The third-order valence-electron chi connectivity index (χ3n) is 11.6. The van der Waals surface area contributed by atoms with Crippen LogP contribution in [0.3, 0.4) is 0 Å². The highest BCUT2D eigenvalue weighted by Crippen LogP contribution is 2.42. The molecule has 0 fully saturated rings. The van der Waals surface area contributed by atoms with Crippen LogP contribution in [0.15, 0.2) is 141 Å². The summed E-state index contributed by atoms with van der Waals surface area (Å²) in [6.45, 7) is 22.0. The predicted octanol–water partition coefficient (Wildman–Crippen LogP) is 10.1. The molecule has 0 aliphatic carbocycles. The van der Waals surface area contributed by atoms with Crippen molar-refractivity contribution in [3.8, 4) is 51.7 Å².